The van der Waals surface area contributed by atoms with Crippen molar-refractivity contribution in [3.8, 4) is 5.75 Å². The molecule has 12 nitrogen and oxygen atoms in total. The van der Waals surface area contributed by atoms with E-state index in [9.17, 15) is 29.3 Å². The summed E-state index contributed by atoms with van der Waals surface area (Å²) >= 11 is 0. The summed E-state index contributed by atoms with van der Waals surface area (Å²) in [6, 6.07) is 9.74. The number of carbonyl (C=O) groups excluding carboxylic acids is 4. The number of methoxy groups -OCH3 is 2. The zero-order chi connectivity index (χ0) is 24.8. The van der Waals surface area contributed by atoms with E-state index in [0.29, 0.717) is 16.9 Å². The summed E-state index contributed by atoms with van der Waals surface area (Å²) in [5.74, 6) is -2.93. The maximum atomic E-state index is 12.5. The zero-order valence-electron chi connectivity index (χ0n) is 18.3. The van der Waals surface area contributed by atoms with Gasteiger partial charge in [0.1, 0.15) is 5.75 Å². The van der Waals surface area contributed by atoms with E-state index in [4.69, 9.17) is 9.47 Å². The summed E-state index contributed by atoms with van der Waals surface area (Å²) in [4.78, 5) is 60.1. The van der Waals surface area contributed by atoms with Crippen LogP contribution in [0.5, 0.6) is 5.75 Å². The van der Waals surface area contributed by atoms with Gasteiger partial charge in [0, 0.05) is 24.7 Å². The summed E-state index contributed by atoms with van der Waals surface area (Å²) < 4.78 is 14.8. The van der Waals surface area contributed by atoms with Gasteiger partial charge in [-0.3, -0.25) is 24.5 Å². The number of ether oxygens (including phenoxy) is 3. The highest BCUT2D eigenvalue weighted by Crippen LogP contribution is 2.36. The third-order valence-corrected chi connectivity index (χ3v) is 5.06. The summed E-state index contributed by atoms with van der Waals surface area (Å²) in [7, 11) is 2.57. The number of hydrogen-bond acceptors (Lipinski definition) is 9. The van der Waals surface area contributed by atoms with Gasteiger partial charge in [-0.15, -0.1) is 0 Å². The highest BCUT2D eigenvalue weighted by Gasteiger charge is 2.37. The van der Waals surface area contributed by atoms with Gasteiger partial charge >= 0.3 is 11.9 Å². The Morgan fingerprint density at radius 2 is 1.85 bits per heavy atom. The van der Waals surface area contributed by atoms with Crippen molar-refractivity contribution in [2.45, 2.75) is 6.42 Å². The van der Waals surface area contributed by atoms with E-state index in [2.05, 4.69) is 10.1 Å². The molecule has 34 heavy (non-hydrogen) atoms. The predicted octanol–water partition coefficient (Wildman–Crippen LogP) is 1.92. The lowest BCUT2D eigenvalue weighted by atomic mass is 10.1. The first-order valence-corrected chi connectivity index (χ1v) is 10.0. The number of rotatable bonds is 8. The topological polar surface area (TPSA) is 154 Å². The molecule has 2 aromatic rings. The van der Waals surface area contributed by atoms with Crippen LogP contribution < -0.4 is 15.0 Å². The van der Waals surface area contributed by atoms with Gasteiger partial charge in [0.05, 0.1) is 42.4 Å². The predicted molar refractivity (Wildman–Crippen MR) is 117 cm³/mol. The molecule has 0 bridgehead atoms. The average Bonchev–Trinajstić information content (AvgIpc) is 3.23. The normalized spacial score (nSPS) is 14.9. The summed E-state index contributed by atoms with van der Waals surface area (Å²) in [5, 5.41) is 13.5. The second-order valence-electron chi connectivity index (χ2n) is 7.24. The Kier molecular flexibility index (Phi) is 7.41. The Balaban J connectivity index is 1.56. The molecule has 0 unspecified atom stereocenters. The zero-order valence-corrected chi connectivity index (χ0v) is 18.3. The molecule has 12 heteroatoms. The summed E-state index contributed by atoms with van der Waals surface area (Å²) in [6.07, 6.45) is -0.143. The van der Waals surface area contributed by atoms with Crippen LogP contribution >= 0.6 is 0 Å². The van der Waals surface area contributed by atoms with Gasteiger partial charge in [0.2, 0.25) is 5.91 Å². The van der Waals surface area contributed by atoms with E-state index in [1.54, 1.807) is 0 Å². The molecule has 0 saturated carbocycles. The third kappa shape index (κ3) is 5.46. The molecule has 1 fully saturated rings. The first-order chi connectivity index (χ1) is 16.2. The van der Waals surface area contributed by atoms with E-state index >= 15 is 0 Å². The Morgan fingerprint density at radius 1 is 1.15 bits per heavy atom. The second kappa shape index (κ2) is 10.4. The van der Waals surface area contributed by atoms with Crippen LogP contribution in [0.2, 0.25) is 0 Å². The fourth-order valence-electron chi connectivity index (χ4n) is 3.36. The van der Waals surface area contributed by atoms with E-state index in [0.717, 1.165) is 0 Å². The van der Waals surface area contributed by atoms with E-state index in [1.807, 2.05) is 0 Å². The van der Waals surface area contributed by atoms with Crippen molar-refractivity contribution < 1.29 is 38.3 Å². The van der Waals surface area contributed by atoms with Crippen molar-refractivity contribution in [2.24, 2.45) is 5.92 Å². The van der Waals surface area contributed by atoms with Gasteiger partial charge in [-0.1, -0.05) is 0 Å². The van der Waals surface area contributed by atoms with Crippen LogP contribution in [-0.4, -0.2) is 56.0 Å². The molecule has 0 radical (unpaired) electrons. The van der Waals surface area contributed by atoms with Crippen molar-refractivity contribution in [3.63, 3.8) is 0 Å². The monoisotopic (exact) mass is 471 g/mol. The first kappa shape index (κ1) is 24.2. The molecule has 1 aliphatic rings. The van der Waals surface area contributed by atoms with Crippen molar-refractivity contribution in [1.82, 2.24) is 0 Å². The van der Waals surface area contributed by atoms with Crippen LogP contribution in [0.1, 0.15) is 16.8 Å². The molecular weight excluding hydrogens is 450 g/mol. The molecular formula is C22H21N3O9. The number of nitro benzene ring substituents is 1. The lowest BCUT2D eigenvalue weighted by Gasteiger charge is -2.19. The molecule has 2 aromatic carbocycles. The number of benzene rings is 2. The largest absolute Gasteiger partial charge is 0.494 e. The van der Waals surface area contributed by atoms with Crippen LogP contribution in [0.3, 0.4) is 0 Å². The molecule has 1 heterocycles. The first-order valence-electron chi connectivity index (χ1n) is 10.0. The molecule has 1 N–H and O–H groups in total. The fourth-order valence-corrected chi connectivity index (χ4v) is 3.36. The Hall–Kier alpha value is -4.48. The van der Waals surface area contributed by atoms with Crippen LogP contribution in [0.15, 0.2) is 42.5 Å². The average molecular weight is 471 g/mol. The number of nitrogens with one attached hydrogen (secondary N) is 1. The van der Waals surface area contributed by atoms with E-state index in [1.165, 1.54) is 61.6 Å². The smallest absolute Gasteiger partial charge is 0.337 e. The Morgan fingerprint density at radius 3 is 2.47 bits per heavy atom. The van der Waals surface area contributed by atoms with Crippen molar-refractivity contribution >= 4 is 40.8 Å². The van der Waals surface area contributed by atoms with Gasteiger partial charge in [0.15, 0.2) is 6.61 Å². The molecule has 2 amide bonds. The SMILES string of the molecule is COC(=O)c1ccc(NC(=O)COC(=O)[C@@H]2CC(=O)N(c3ccc([N+](=O)[O-])cc3OC)C2)cc1. The van der Waals surface area contributed by atoms with Crippen molar-refractivity contribution in [1.29, 1.82) is 0 Å². The maximum Gasteiger partial charge on any atom is 0.337 e. The molecule has 0 aromatic heterocycles. The lowest BCUT2D eigenvalue weighted by Crippen LogP contribution is -2.28. The number of carbonyl (C=O) groups is 4. The number of hydrogen-bond donors (Lipinski definition) is 1. The van der Waals surface area contributed by atoms with Gasteiger partial charge in [-0.2, -0.15) is 0 Å². The van der Waals surface area contributed by atoms with Crippen LogP contribution in [0, 0.1) is 16.0 Å². The molecule has 3 rings (SSSR count). The highest BCUT2D eigenvalue weighted by molar-refractivity contribution is 6.01. The number of anilines is 2. The molecule has 178 valence electrons. The van der Waals surface area contributed by atoms with E-state index in [-0.39, 0.29) is 30.3 Å². The van der Waals surface area contributed by atoms with Gasteiger partial charge in [-0.05, 0) is 30.3 Å². The summed E-state index contributed by atoms with van der Waals surface area (Å²) in [5.41, 5.74) is 0.795. The number of nitrogens with zero attached hydrogens (tertiary/aromatic N) is 2. The standard InChI is InChI=1S/C22H21N3O9/c1-32-18-10-16(25(30)31)7-8-17(18)24-11-14(9-20(24)27)22(29)34-12-19(26)23-15-5-3-13(4-6-15)21(28)33-2/h3-8,10,14H,9,11-12H2,1-2H3,(H,23,26)/t14-/m1/s1. The van der Waals surface area contributed by atoms with Crippen LogP contribution in [0.4, 0.5) is 17.1 Å². The van der Waals surface area contributed by atoms with Crippen LogP contribution in [0.25, 0.3) is 0 Å². The molecule has 0 spiro atoms. The number of non-ortho nitro benzene ring substituents is 1. The third-order valence-electron chi connectivity index (χ3n) is 5.06. The minimum absolute atomic E-state index is 0.0254. The Labute approximate surface area is 193 Å². The number of nitro groups is 1. The molecule has 1 aliphatic heterocycles. The van der Waals surface area contributed by atoms with Crippen LogP contribution in [-0.2, 0) is 23.9 Å². The van der Waals surface area contributed by atoms with Gasteiger partial charge in [-0.25, -0.2) is 4.79 Å². The number of amides is 2. The minimum Gasteiger partial charge on any atom is -0.494 e. The van der Waals surface area contributed by atoms with Crippen molar-refractivity contribution in [2.75, 3.05) is 37.6 Å². The highest BCUT2D eigenvalue weighted by atomic mass is 16.6. The summed E-state index contributed by atoms with van der Waals surface area (Å²) in [6.45, 7) is -0.592. The Bertz CT molecular complexity index is 1130. The second-order valence-corrected chi connectivity index (χ2v) is 7.24. The lowest BCUT2D eigenvalue weighted by molar-refractivity contribution is -0.384. The maximum absolute atomic E-state index is 12.5. The minimum atomic E-state index is -0.820. The fraction of sp³-hybridized carbons (Fsp3) is 0.273. The molecule has 1 atom stereocenters. The number of esters is 2. The van der Waals surface area contributed by atoms with Crippen molar-refractivity contribution in [3.05, 3.63) is 58.1 Å². The molecule has 0 aliphatic carbocycles. The van der Waals surface area contributed by atoms with Gasteiger partial charge < -0.3 is 24.4 Å². The van der Waals surface area contributed by atoms with E-state index < -0.39 is 35.3 Å². The quantitative estimate of drug-likeness (QED) is 0.345. The molecule has 1 saturated heterocycles. The van der Waals surface area contributed by atoms with Gasteiger partial charge in [0.25, 0.3) is 11.6 Å².